The second-order valence-electron chi connectivity index (χ2n) is 3.83. The number of aromatic nitrogens is 3. The van der Waals surface area contributed by atoms with Crippen molar-refractivity contribution in [1.29, 1.82) is 0 Å². The molecule has 0 aliphatic heterocycles. The monoisotopic (exact) mass is 257 g/mol. The van der Waals surface area contributed by atoms with Crippen molar-refractivity contribution in [2.45, 2.75) is 13.5 Å². The molecule has 0 saturated heterocycles. The maximum atomic E-state index is 12.1. The zero-order valence-electron chi connectivity index (χ0n) is 10.6. The molecule has 6 nitrogen and oxygen atoms in total. The first-order chi connectivity index (χ1) is 9.31. The Bertz CT molecular complexity index is 544. The smallest absolute Gasteiger partial charge is 0.255 e. The van der Waals surface area contributed by atoms with Crippen LogP contribution < -0.4 is 10.6 Å². The van der Waals surface area contributed by atoms with Crippen molar-refractivity contribution in [2.24, 2.45) is 0 Å². The number of nitrogens with zero attached hydrogens (tertiary/aromatic N) is 3. The molecule has 0 spiro atoms. The normalized spacial score (nSPS) is 9.95. The van der Waals surface area contributed by atoms with Crippen LogP contribution in [0.15, 0.2) is 36.7 Å². The number of hydrogen-bond acceptors (Lipinski definition) is 5. The lowest BCUT2D eigenvalue weighted by molar-refractivity contribution is 0.0951. The Hall–Kier alpha value is -2.50. The van der Waals surface area contributed by atoms with Crippen molar-refractivity contribution in [3.05, 3.63) is 47.9 Å². The molecule has 1 amide bonds. The Morgan fingerprint density at radius 3 is 2.84 bits per heavy atom. The van der Waals surface area contributed by atoms with Gasteiger partial charge < -0.3 is 10.6 Å². The molecule has 0 atom stereocenters. The van der Waals surface area contributed by atoms with Gasteiger partial charge in [-0.25, -0.2) is 4.98 Å². The molecule has 19 heavy (non-hydrogen) atoms. The highest BCUT2D eigenvalue weighted by Gasteiger charge is 2.11. The van der Waals surface area contributed by atoms with Crippen LogP contribution in [0.4, 0.5) is 5.82 Å². The van der Waals surface area contributed by atoms with Crippen LogP contribution >= 0.6 is 0 Å². The summed E-state index contributed by atoms with van der Waals surface area (Å²) in [7, 11) is 0. The molecule has 0 aliphatic carbocycles. The standard InChI is InChI=1S/C13H15N5O/c1-2-14-12-11(6-4-7-15-12)13(19)16-9-10-5-3-8-17-18-10/h3-8H,2,9H2,1H3,(H,14,15)(H,16,19). The van der Waals surface area contributed by atoms with Gasteiger partial charge in [0.05, 0.1) is 17.8 Å². The van der Waals surface area contributed by atoms with Crippen molar-refractivity contribution in [3.8, 4) is 0 Å². The molecule has 0 radical (unpaired) electrons. The molecule has 2 N–H and O–H groups in total. The van der Waals surface area contributed by atoms with Gasteiger partial charge in [0.1, 0.15) is 5.82 Å². The quantitative estimate of drug-likeness (QED) is 0.842. The summed E-state index contributed by atoms with van der Waals surface area (Å²) in [6.45, 7) is 3.00. The van der Waals surface area contributed by atoms with Crippen molar-refractivity contribution in [2.75, 3.05) is 11.9 Å². The topological polar surface area (TPSA) is 79.8 Å². The highest BCUT2D eigenvalue weighted by atomic mass is 16.1. The van der Waals surface area contributed by atoms with Crippen LogP contribution in [0.5, 0.6) is 0 Å². The summed E-state index contributed by atoms with van der Waals surface area (Å²) in [6, 6.07) is 7.05. The maximum Gasteiger partial charge on any atom is 0.255 e. The van der Waals surface area contributed by atoms with Crippen molar-refractivity contribution in [3.63, 3.8) is 0 Å². The molecular weight excluding hydrogens is 242 g/mol. The van der Waals surface area contributed by atoms with E-state index >= 15 is 0 Å². The van der Waals surface area contributed by atoms with Gasteiger partial charge in [-0.1, -0.05) is 0 Å². The van der Waals surface area contributed by atoms with Crippen LogP contribution in [0, 0.1) is 0 Å². The largest absolute Gasteiger partial charge is 0.370 e. The van der Waals surface area contributed by atoms with E-state index in [2.05, 4.69) is 25.8 Å². The van der Waals surface area contributed by atoms with E-state index in [1.165, 1.54) is 0 Å². The predicted molar refractivity (Wildman–Crippen MR) is 71.6 cm³/mol. The van der Waals surface area contributed by atoms with E-state index < -0.39 is 0 Å². The highest BCUT2D eigenvalue weighted by Crippen LogP contribution is 2.10. The maximum absolute atomic E-state index is 12.1. The minimum absolute atomic E-state index is 0.185. The van der Waals surface area contributed by atoms with E-state index in [4.69, 9.17) is 0 Å². The number of amides is 1. The van der Waals surface area contributed by atoms with E-state index in [1.807, 2.05) is 13.0 Å². The molecule has 0 saturated carbocycles. The second kappa shape index (κ2) is 6.44. The van der Waals surface area contributed by atoms with Gasteiger partial charge in [0.2, 0.25) is 0 Å². The minimum Gasteiger partial charge on any atom is -0.370 e. The molecule has 0 aromatic carbocycles. The summed E-state index contributed by atoms with van der Waals surface area (Å²) >= 11 is 0. The number of carbonyl (C=O) groups excluding carboxylic acids is 1. The van der Waals surface area contributed by atoms with E-state index in [0.717, 1.165) is 0 Å². The Kier molecular flexibility index (Phi) is 4.39. The molecule has 6 heteroatoms. The van der Waals surface area contributed by atoms with Gasteiger partial charge in [-0.15, -0.1) is 0 Å². The van der Waals surface area contributed by atoms with E-state index in [-0.39, 0.29) is 5.91 Å². The van der Waals surface area contributed by atoms with Crippen LogP contribution in [0.1, 0.15) is 23.0 Å². The summed E-state index contributed by atoms with van der Waals surface area (Å²) < 4.78 is 0. The number of nitrogens with one attached hydrogen (secondary N) is 2. The number of hydrogen-bond donors (Lipinski definition) is 2. The summed E-state index contributed by atoms with van der Waals surface area (Å²) in [4.78, 5) is 16.2. The Balaban J connectivity index is 2.04. The van der Waals surface area contributed by atoms with Crippen molar-refractivity contribution in [1.82, 2.24) is 20.5 Å². The lowest BCUT2D eigenvalue weighted by Gasteiger charge is -2.09. The van der Waals surface area contributed by atoms with Gasteiger partial charge in [-0.05, 0) is 31.2 Å². The molecular formula is C13H15N5O. The van der Waals surface area contributed by atoms with E-state index in [0.29, 0.717) is 30.2 Å². The fraction of sp³-hybridized carbons (Fsp3) is 0.231. The van der Waals surface area contributed by atoms with Gasteiger partial charge in [0.25, 0.3) is 5.91 Å². The summed E-state index contributed by atoms with van der Waals surface area (Å²) in [6.07, 6.45) is 3.24. The zero-order chi connectivity index (χ0) is 13.5. The average molecular weight is 257 g/mol. The lowest BCUT2D eigenvalue weighted by Crippen LogP contribution is -2.24. The summed E-state index contributed by atoms with van der Waals surface area (Å²) in [5.41, 5.74) is 1.23. The third kappa shape index (κ3) is 3.48. The van der Waals surface area contributed by atoms with Crippen LogP contribution in [0.25, 0.3) is 0 Å². The van der Waals surface area contributed by atoms with Gasteiger partial charge in [-0.2, -0.15) is 10.2 Å². The fourth-order valence-corrected chi connectivity index (χ4v) is 1.59. The molecule has 2 aromatic rings. The highest BCUT2D eigenvalue weighted by molar-refractivity contribution is 5.98. The van der Waals surface area contributed by atoms with Gasteiger partial charge in [-0.3, -0.25) is 4.79 Å². The fourth-order valence-electron chi connectivity index (χ4n) is 1.59. The van der Waals surface area contributed by atoms with Crippen LogP contribution in [0.2, 0.25) is 0 Å². The summed E-state index contributed by atoms with van der Waals surface area (Å²) in [5.74, 6) is 0.399. The Labute approximate surface area is 111 Å². The van der Waals surface area contributed by atoms with Crippen molar-refractivity contribution < 1.29 is 4.79 Å². The van der Waals surface area contributed by atoms with Crippen LogP contribution in [0.3, 0.4) is 0 Å². The molecule has 0 aliphatic rings. The van der Waals surface area contributed by atoms with Gasteiger partial charge >= 0.3 is 0 Å². The molecule has 0 fully saturated rings. The average Bonchev–Trinajstić information content (AvgIpc) is 2.47. The molecule has 2 aromatic heterocycles. The molecule has 2 heterocycles. The number of rotatable bonds is 5. The SMILES string of the molecule is CCNc1ncccc1C(=O)NCc1cccnn1. The number of anilines is 1. The predicted octanol–water partition coefficient (Wildman–Crippen LogP) is 1.23. The Morgan fingerprint density at radius 2 is 2.11 bits per heavy atom. The minimum atomic E-state index is -0.185. The van der Waals surface area contributed by atoms with E-state index in [1.54, 1.807) is 30.6 Å². The molecule has 0 unspecified atom stereocenters. The van der Waals surface area contributed by atoms with Crippen molar-refractivity contribution >= 4 is 11.7 Å². The molecule has 0 bridgehead atoms. The Morgan fingerprint density at radius 1 is 1.26 bits per heavy atom. The van der Waals surface area contributed by atoms with Crippen LogP contribution in [-0.4, -0.2) is 27.6 Å². The first-order valence-electron chi connectivity index (χ1n) is 6.05. The first kappa shape index (κ1) is 12.9. The third-order valence-corrected chi connectivity index (χ3v) is 2.45. The zero-order valence-corrected chi connectivity index (χ0v) is 10.6. The third-order valence-electron chi connectivity index (χ3n) is 2.45. The number of pyridine rings is 1. The lowest BCUT2D eigenvalue weighted by atomic mass is 10.2. The second-order valence-corrected chi connectivity index (χ2v) is 3.83. The van der Waals surface area contributed by atoms with Gasteiger partial charge in [0.15, 0.2) is 0 Å². The number of carbonyl (C=O) groups is 1. The summed E-state index contributed by atoms with van der Waals surface area (Å²) in [5, 5.41) is 13.5. The van der Waals surface area contributed by atoms with Crippen LogP contribution in [-0.2, 0) is 6.54 Å². The molecule has 2 rings (SSSR count). The molecule has 98 valence electrons. The van der Waals surface area contributed by atoms with Gasteiger partial charge in [0, 0.05) is 18.9 Å². The first-order valence-corrected chi connectivity index (χ1v) is 6.05. The van der Waals surface area contributed by atoms with E-state index in [9.17, 15) is 4.79 Å².